The van der Waals surface area contributed by atoms with Gasteiger partial charge in [-0.25, -0.2) is 15.0 Å². The highest BCUT2D eigenvalue weighted by molar-refractivity contribution is 8.00. The summed E-state index contributed by atoms with van der Waals surface area (Å²) < 4.78 is 6.76. The molecule has 0 aliphatic rings. The molecule has 3 aromatic heterocycles. The number of oxazole rings is 1. The van der Waals surface area contributed by atoms with Crippen LogP contribution in [0.25, 0.3) is 0 Å². The summed E-state index contributed by atoms with van der Waals surface area (Å²) in [5.74, 6) is 2.41. The Kier molecular flexibility index (Phi) is 5.81. The topological polar surface area (TPSA) is 107 Å². The van der Waals surface area contributed by atoms with E-state index in [1.54, 1.807) is 42.5 Å². The van der Waals surface area contributed by atoms with Crippen LogP contribution in [-0.2, 0) is 22.4 Å². The summed E-state index contributed by atoms with van der Waals surface area (Å²) in [5.41, 5.74) is 6.38. The molecule has 3 heterocycles. The summed E-state index contributed by atoms with van der Waals surface area (Å²) >= 11 is 2.99. The number of nitrogens with two attached hydrogens (primary N) is 1. The lowest BCUT2D eigenvalue weighted by Crippen LogP contribution is -2.14. The lowest BCUT2D eigenvalue weighted by atomic mass is 9.94. The van der Waals surface area contributed by atoms with E-state index in [1.165, 1.54) is 11.3 Å². The van der Waals surface area contributed by atoms with Gasteiger partial charge in [0.1, 0.15) is 11.6 Å². The zero-order chi connectivity index (χ0) is 19.4. The maximum absolute atomic E-state index is 12.1. The molecule has 0 aliphatic carbocycles. The summed E-state index contributed by atoms with van der Waals surface area (Å²) in [6.07, 6.45) is 5.33. The minimum atomic E-state index is -0.144. The van der Waals surface area contributed by atoms with Crippen LogP contribution in [0.2, 0.25) is 0 Å². The average molecular weight is 404 g/mol. The molecule has 0 fully saturated rings. The Hall–Kier alpha value is -2.39. The molecular formula is C18H21N5O2S2. The van der Waals surface area contributed by atoms with Gasteiger partial charge in [0.15, 0.2) is 5.13 Å². The second-order valence-electron chi connectivity index (χ2n) is 6.96. The Morgan fingerprint density at radius 2 is 2.11 bits per heavy atom. The molecule has 142 valence electrons. The maximum Gasteiger partial charge on any atom is 0.230 e. The molecule has 7 nitrogen and oxygen atoms in total. The predicted molar refractivity (Wildman–Crippen MR) is 108 cm³/mol. The van der Waals surface area contributed by atoms with Gasteiger partial charge in [-0.1, -0.05) is 32.1 Å². The maximum atomic E-state index is 12.1. The second kappa shape index (κ2) is 8.10. The molecule has 0 aromatic carbocycles. The van der Waals surface area contributed by atoms with Gasteiger partial charge in [-0.3, -0.25) is 4.79 Å². The normalized spacial score (nSPS) is 11.5. The second-order valence-corrected chi connectivity index (χ2v) is 9.26. The van der Waals surface area contributed by atoms with E-state index < -0.39 is 0 Å². The number of anilines is 2. The van der Waals surface area contributed by atoms with Crippen LogP contribution in [0.1, 0.15) is 38.0 Å². The number of pyridine rings is 1. The molecule has 0 bridgehead atoms. The van der Waals surface area contributed by atoms with E-state index in [0.29, 0.717) is 22.6 Å². The number of thiazole rings is 1. The summed E-state index contributed by atoms with van der Waals surface area (Å²) in [7, 11) is 0. The first-order valence-corrected chi connectivity index (χ1v) is 10.1. The van der Waals surface area contributed by atoms with E-state index >= 15 is 0 Å². The van der Waals surface area contributed by atoms with Crippen molar-refractivity contribution in [1.82, 2.24) is 15.0 Å². The van der Waals surface area contributed by atoms with Crippen LogP contribution in [-0.4, -0.2) is 20.9 Å². The third-order valence-corrected chi connectivity index (χ3v) is 5.66. The van der Waals surface area contributed by atoms with Gasteiger partial charge in [-0.15, -0.1) is 11.8 Å². The Balaban J connectivity index is 1.52. The standard InChI is InChI=1S/C18H21N5O2S2/c1-18(2,3)12-8-21-15(25-12)10-26-16-9-22-17(27-16)23-14(24)7-11-4-5-20-13(19)6-11/h4-6,8-9H,7,10H2,1-3H3,(H2,19,20)(H,22,23,24). The van der Waals surface area contributed by atoms with Crippen molar-refractivity contribution in [3.63, 3.8) is 0 Å². The number of aromatic nitrogens is 3. The molecule has 0 aliphatic heterocycles. The summed E-state index contributed by atoms with van der Waals surface area (Å²) in [6, 6.07) is 3.45. The van der Waals surface area contributed by atoms with Gasteiger partial charge in [0.25, 0.3) is 0 Å². The number of nitrogen functional groups attached to an aromatic ring is 1. The van der Waals surface area contributed by atoms with Crippen LogP contribution in [0.3, 0.4) is 0 Å². The fraction of sp³-hybridized carbons (Fsp3) is 0.333. The van der Waals surface area contributed by atoms with Crippen molar-refractivity contribution >= 4 is 40.0 Å². The molecule has 3 N–H and O–H groups in total. The number of rotatable bonds is 6. The average Bonchev–Trinajstić information content (AvgIpc) is 3.21. The quantitative estimate of drug-likeness (QED) is 0.601. The molecule has 0 radical (unpaired) electrons. The monoisotopic (exact) mass is 403 g/mol. The minimum absolute atomic E-state index is 0.0582. The van der Waals surface area contributed by atoms with Crippen molar-refractivity contribution < 1.29 is 9.21 Å². The largest absolute Gasteiger partial charge is 0.444 e. The van der Waals surface area contributed by atoms with Gasteiger partial charge in [-0.2, -0.15) is 0 Å². The number of nitrogens with zero attached hydrogens (tertiary/aromatic N) is 3. The van der Waals surface area contributed by atoms with Crippen LogP contribution in [0.5, 0.6) is 0 Å². The van der Waals surface area contributed by atoms with E-state index in [4.69, 9.17) is 10.2 Å². The van der Waals surface area contributed by atoms with Gasteiger partial charge in [0.2, 0.25) is 11.8 Å². The van der Waals surface area contributed by atoms with Gasteiger partial charge in [0.05, 0.1) is 28.8 Å². The third-order valence-electron chi connectivity index (χ3n) is 3.57. The molecule has 27 heavy (non-hydrogen) atoms. The minimum Gasteiger partial charge on any atom is -0.444 e. The highest BCUT2D eigenvalue weighted by Crippen LogP contribution is 2.31. The molecule has 0 unspecified atom stereocenters. The Morgan fingerprint density at radius 3 is 2.81 bits per heavy atom. The molecule has 1 amide bonds. The number of thioether (sulfide) groups is 1. The van der Waals surface area contributed by atoms with Gasteiger partial charge >= 0.3 is 0 Å². The number of amides is 1. The third kappa shape index (κ3) is 5.54. The first-order chi connectivity index (χ1) is 12.8. The zero-order valence-corrected chi connectivity index (χ0v) is 17.0. The predicted octanol–water partition coefficient (Wildman–Crippen LogP) is 3.88. The lowest BCUT2D eigenvalue weighted by Gasteiger charge is -2.12. The number of carbonyl (C=O) groups is 1. The Bertz CT molecular complexity index is 930. The fourth-order valence-corrected chi connectivity index (χ4v) is 3.94. The van der Waals surface area contributed by atoms with Gasteiger partial charge in [0, 0.05) is 11.6 Å². The first-order valence-electron chi connectivity index (χ1n) is 8.33. The smallest absolute Gasteiger partial charge is 0.230 e. The Morgan fingerprint density at radius 1 is 1.30 bits per heavy atom. The van der Waals surface area contributed by atoms with E-state index in [2.05, 4.69) is 41.0 Å². The van der Waals surface area contributed by atoms with Crippen molar-refractivity contribution in [3.05, 3.63) is 47.9 Å². The van der Waals surface area contributed by atoms with Gasteiger partial charge in [-0.05, 0) is 17.7 Å². The van der Waals surface area contributed by atoms with Crippen LogP contribution < -0.4 is 11.1 Å². The molecule has 3 aromatic rings. The number of hydrogen-bond donors (Lipinski definition) is 2. The fourth-order valence-electron chi connectivity index (χ4n) is 2.19. The highest BCUT2D eigenvalue weighted by Gasteiger charge is 2.19. The molecule has 9 heteroatoms. The molecule has 0 spiro atoms. The highest BCUT2D eigenvalue weighted by atomic mass is 32.2. The zero-order valence-electron chi connectivity index (χ0n) is 15.4. The van der Waals surface area contributed by atoms with E-state index in [-0.39, 0.29) is 17.7 Å². The summed E-state index contributed by atoms with van der Waals surface area (Å²) in [6.45, 7) is 6.26. The van der Waals surface area contributed by atoms with Crippen LogP contribution in [0.4, 0.5) is 10.9 Å². The van der Waals surface area contributed by atoms with Gasteiger partial charge < -0.3 is 15.5 Å². The molecule has 0 atom stereocenters. The van der Waals surface area contributed by atoms with E-state index in [9.17, 15) is 4.79 Å². The molecule has 0 saturated heterocycles. The molecular weight excluding hydrogens is 382 g/mol. The van der Waals surface area contributed by atoms with Crippen molar-refractivity contribution in [2.45, 2.75) is 42.6 Å². The number of nitrogens with one attached hydrogen (secondary N) is 1. The summed E-state index contributed by atoms with van der Waals surface area (Å²) in [4.78, 5) is 24.6. The van der Waals surface area contributed by atoms with Crippen LogP contribution >= 0.6 is 23.1 Å². The van der Waals surface area contributed by atoms with Crippen molar-refractivity contribution in [1.29, 1.82) is 0 Å². The van der Waals surface area contributed by atoms with E-state index in [0.717, 1.165) is 15.5 Å². The Labute approximate surface area is 165 Å². The summed E-state index contributed by atoms with van der Waals surface area (Å²) in [5, 5.41) is 3.37. The molecule has 0 saturated carbocycles. The van der Waals surface area contributed by atoms with Crippen molar-refractivity contribution in [3.8, 4) is 0 Å². The van der Waals surface area contributed by atoms with Crippen molar-refractivity contribution in [2.24, 2.45) is 0 Å². The van der Waals surface area contributed by atoms with Crippen LogP contribution in [0, 0.1) is 0 Å². The van der Waals surface area contributed by atoms with Crippen molar-refractivity contribution in [2.75, 3.05) is 11.1 Å². The molecule has 3 rings (SSSR count). The number of hydrogen-bond acceptors (Lipinski definition) is 8. The SMILES string of the molecule is CC(C)(C)c1cnc(CSc2cnc(NC(=O)Cc3ccnc(N)c3)s2)o1. The van der Waals surface area contributed by atoms with E-state index in [1.807, 2.05) is 0 Å². The first kappa shape index (κ1) is 19.4. The lowest BCUT2D eigenvalue weighted by molar-refractivity contribution is -0.115. The number of carbonyl (C=O) groups excluding carboxylic acids is 1. The van der Waals surface area contributed by atoms with Crippen LogP contribution in [0.15, 0.2) is 39.3 Å².